The molecule has 35 heavy (non-hydrogen) atoms. The Labute approximate surface area is 214 Å². The number of hydrogen-bond acceptors (Lipinski definition) is 3. The van der Waals surface area contributed by atoms with Gasteiger partial charge in [-0.3, -0.25) is 0 Å². The minimum absolute atomic E-state index is 0.0929. The molecule has 0 bridgehead atoms. The van der Waals surface area contributed by atoms with Crippen LogP contribution in [0, 0.1) is 12.0 Å². The molecule has 0 unspecified atom stereocenters. The van der Waals surface area contributed by atoms with E-state index in [1.165, 1.54) is 0 Å². The zero-order chi connectivity index (χ0) is 26.0. The Bertz CT molecular complexity index is 1280. The van der Waals surface area contributed by atoms with Gasteiger partial charge in [-0.15, -0.1) is 5.11 Å². The van der Waals surface area contributed by atoms with Gasteiger partial charge in [0.05, 0.1) is 17.3 Å². The summed E-state index contributed by atoms with van der Waals surface area (Å²) in [5.74, 6) is 0.0929. The fraction of sp³-hybridized carbons (Fsp3) is 0.367. The summed E-state index contributed by atoms with van der Waals surface area (Å²) in [6.07, 6.45) is 0.950. The van der Waals surface area contributed by atoms with Crippen molar-refractivity contribution in [2.75, 3.05) is 0 Å². The Morgan fingerprint density at radius 2 is 1.46 bits per heavy atom. The van der Waals surface area contributed by atoms with Crippen LogP contribution in [0.2, 0.25) is 5.02 Å². The van der Waals surface area contributed by atoms with Gasteiger partial charge < -0.3 is 5.11 Å². The normalized spacial score (nSPS) is 12.7. The number of phenols is 1. The van der Waals surface area contributed by atoms with E-state index in [1.807, 2.05) is 24.3 Å². The summed E-state index contributed by atoms with van der Waals surface area (Å²) in [6.45, 7) is 22.6. The number of benzene rings is 3. The Morgan fingerprint density at radius 3 is 2.06 bits per heavy atom. The molecule has 3 aromatic rings. The lowest BCUT2D eigenvalue weighted by atomic mass is 9.70. The van der Waals surface area contributed by atoms with Gasteiger partial charge in [-0.1, -0.05) is 109 Å². The minimum atomic E-state index is -0.467. The van der Waals surface area contributed by atoms with Gasteiger partial charge in [0.1, 0.15) is 11.4 Å². The molecule has 4 nitrogen and oxygen atoms in total. The van der Waals surface area contributed by atoms with Gasteiger partial charge in [-0.2, -0.15) is 5.11 Å². The minimum Gasteiger partial charge on any atom is -0.505 e. The van der Waals surface area contributed by atoms with Crippen molar-refractivity contribution >= 4 is 28.7 Å². The molecule has 0 atom stereocenters. The number of hydrogen-bond donors (Lipinski definition) is 1. The second-order valence-electron chi connectivity index (χ2n) is 11.5. The number of rotatable bonds is 6. The predicted molar refractivity (Wildman–Crippen MR) is 146 cm³/mol. The molecule has 0 fully saturated rings. The van der Waals surface area contributed by atoms with E-state index in [0.29, 0.717) is 22.1 Å². The van der Waals surface area contributed by atoms with Crippen molar-refractivity contribution in [1.82, 2.24) is 0 Å². The largest absolute Gasteiger partial charge is 0.505 e. The van der Waals surface area contributed by atoms with Gasteiger partial charge in [0, 0.05) is 11.0 Å². The molecular weight excluding hydrogens is 454 g/mol. The number of halogens is 1. The Morgan fingerprint density at radius 1 is 0.829 bits per heavy atom. The summed E-state index contributed by atoms with van der Waals surface area (Å²) in [6, 6.07) is 19.1. The molecule has 0 saturated carbocycles. The molecule has 0 amide bonds. The Kier molecular flexibility index (Phi) is 7.43. The first-order valence-corrected chi connectivity index (χ1v) is 12.1. The molecule has 0 aliphatic rings. The van der Waals surface area contributed by atoms with Crippen LogP contribution in [0.25, 0.3) is 4.85 Å². The van der Waals surface area contributed by atoms with Crippen LogP contribution in [0.15, 0.2) is 70.9 Å². The molecular formula is C30H34ClN3O. The summed E-state index contributed by atoms with van der Waals surface area (Å²) in [4.78, 5) is 3.45. The molecule has 0 heterocycles. The first-order valence-electron chi connectivity index (χ1n) is 11.8. The quantitative estimate of drug-likeness (QED) is 0.273. The SMILES string of the molecule is [C-]#[N+]c1ccc(Cl)c(N=Nc2cc(C(C)(C)CC(C)(C)C)cc(C(C)(C)c3ccccc3)c2O)c1. The van der Waals surface area contributed by atoms with E-state index in [4.69, 9.17) is 18.2 Å². The number of azo groups is 1. The van der Waals surface area contributed by atoms with Gasteiger partial charge >= 0.3 is 0 Å². The second-order valence-corrected chi connectivity index (χ2v) is 11.9. The highest BCUT2D eigenvalue weighted by Crippen LogP contribution is 2.47. The Hall–Kier alpha value is -3.16. The average Bonchev–Trinajstić information content (AvgIpc) is 2.78. The van der Waals surface area contributed by atoms with E-state index in [-0.39, 0.29) is 16.6 Å². The first-order chi connectivity index (χ1) is 16.2. The number of aromatic hydroxyl groups is 1. The van der Waals surface area contributed by atoms with Crippen LogP contribution < -0.4 is 0 Å². The van der Waals surface area contributed by atoms with Crippen molar-refractivity contribution in [3.63, 3.8) is 0 Å². The van der Waals surface area contributed by atoms with Crippen LogP contribution in [0.1, 0.15) is 71.6 Å². The molecule has 182 valence electrons. The van der Waals surface area contributed by atoms with Crippen molar-refractivity contribution in [1.29, 1.82) is 0 Å². The van der Waals surface area contributed by atoms with Gasteiger partial charge in [0.15, 0.2) is 5.69 Å². The third-order valence-electron chi connectivity index (χ3n) is 6.34. The van der Waals surface area contributed by atoms with Crippen molar-refractivity contribution in [3.05, 3.63) is 93.8 Å². The highest BCUT2D eigenvalue weighted by Gasteiger charge is 2.33. The van der Waals surface area contributed by atoms with Gasteiger partial charge in [0.25, 0.3) is 0 Å². The van der Waals surface area contributed by atoms with Crippen LogP contribution >= 0.6 is 11.6 Å². The molecule has 0 aliphatic carbocycles. The molecule has 0 aliphatic heterocycles. The van der Waals surface area contributed by atoms with Crippen LogP contribution in [0.3, 0.4) is 0 Å². The predicted octanol–water partition coefficient (Wildman–Crippen LogP) is 10.1. The molecule has 3 rings (SSSR count). The lowest BCUT2D eigenvalue weighted by Crippen LogP contribution is -2.26. The summed E-state index contributed by atoms with van der Waals surface area (Å²) in [5.41, 5.74) is 3.65. The lowest BCUT2D eigenvalue weighted by Gasteiger charge is -2.35. The van der Waals surface area contributed by atoms with E-state index in [9.17, 15) is 5.11 Å². The van der Waals surface area contributed by atoms with Gasteiger partial charge in [-0.25, -0.2) is 4.85 Å². The van der Waals surface area contributed by atoms with E-state index in [1.54, 1.807) is 18.2 Å². The van der Waals surface area contributed by atoms with E-state index in [2.05, 4.69) is 81.7 Å². The first kappa shape index (κ1) is 26.4. The molecule has 0 spiro atoms. The van der Waals surface area contributed by atoms with Gasteiger partial charge in [-0.05, 0) is 40.5 Å². The molecule has 5 heteroatoms. The standard InChI is InChI=1S/C30H34ClN3O/c1-28(2,3)19-29(4,5)21-16-23(30(6,7)20-12-10-9-11-13-20)27(35)26(17-21)34-33-25-18-22(32-8)14-15-24(25)31/h9-18,35H,19H2,1-7H3. The maximum absolute atomic E-state index is 11.4. The van der Waals surface area contributed by atoms with Gasteiger partial charge in [0.2, 0.25) is 0 Å². The molecule has 0 saturated heterocycles. The molecule has 0 aromatic heterocycles. The number of nitrogens with zero attached hydrogens (tertiary/aromatic N) is 3. The number of phenolic OH excluding ortho intramolecular Hbond substituents is 1. The molecule has 3 aromatic carbocycles. The zero-order valence-corrected chi connectivity index (χ0v) is 22.4. The van der Waals surface area contributed by atoms with Crippen molar-refractivity contribution in [2.24, 2.45) is 15.6 Å². The molecule has 0 radical (unpaired) electrons. The van der Waals surface area contributed by atoms with E-state index >= 15 is 0 Å². The summed E-state index contributed by atoms with van der Waals surface area (Å²) in [7, 11) is 0. The van der Waals surface area contributed by atoms with Crippen molar-refractivity contribution < 1.29 is 5.11 Å². The fourth-order valence-electron chi connectivity index (χ4n) is 4.76. The maximum Gasteiger partial charge on any atom is 0.189 e. The van der Waals surface area contributed by atoms with E-state index < -0.39 is 5.41 Å². The highest BCUT2D eigenvalue weighted by molar-refractivity contribution is 6.33. The smallest absolute Gasteiger partial charge is 0.189 e. The van der Waals surface area contributed by atoms with E-state index in [0.717, 1.165) is 23.1 Å². The highest BCUT2D eigenvalue weighted by atomic mass is 35.5. The summed E-state index contributed by atoms with van der Waals surface area (Å²) in [5, 5.41) is 20.6. The van der Waals surface area contributed by atoms with Crippen LogP contribution in [-0.2, 0) is 10.8 Å². The van der Waals surface area contributed by atoms with Crippen molar-refractivity contribution in [3.8, 4) is 5.75 Å². The van der Waals surface area contributed by atoms with Crippen LogP contribution in [0.5, 0.6) is 5.75 Å². The van der Waals surface area contributed by atoms with Crippen molar-refractivity contribution in [2.45, 2.75) is 65.7 Å². The third-order valence-corrected chi connectivity index (χ3v) is 6.66. The zero-order valence-electron chi connectivity index (χ0n) is 21.6. The lowest BCUT2D eigenvalue weighted by molar-refractivity contribution is 0.283. The fourth-order valence-corrected chi connectivity index (χ4v) is 4.91. The molecule has 1 N–H and O–H groups in total. The third kappa shape index (κ3) is 6.10. The van der Waals surface area contributed by atoms with Crippen LogP contribution in [0.4, 0.5) is 17.1 Å². The summed E-state index contributed by atoms with van der Waals surface area (Å²) < 4.78 is 0. The topological polar surface area (TPSA) is 49.3 Å². The van der Waals surface area contributed by atoms with Crippen LogP contribution in [-0.4, -0.2) is 5.11 Å². The average molecular weight is 488 g/mol. The monoisotopic (exact) mass is 487 g/mol. The summed E-state index contributed by atoms with van der Waals surface area (Å²) >= 11 is 6.30. The Balaban J connectivity index is 2.22. The second kappa shape index (κ2) is 9.84. The maximum atomic E-state index is 11.4.